The highest BCUT2D eigenvalue weighted by Crippen LogP contribution is 2.39. The topological polar surface area (TPSA) is 114 Å². The summed E-state index contributed by atoms with van der Waals surface area (Å²) in [5.41, 5.74) is 11.1. The lowest BCUT2D eigenvalue weighted by Gasteiger charge is -2.27. The minimum absolute atomic E-state index is 0.0313. The van der Waals surface area contributed by atoms with Crippen LogP contribution in [-0.4, -0.2) is 37.0 Å². The number of nitrogens with two attached hydrogens (primary N) is 1. The van der Waals surface area contributed by atoms with Crippen LogP contribution in [0.5, 0.6) is 0 Å². The number of carbonyl (C=O) groups excluding carboxylic acids is 1. The number of rotatable bonds is 5. The van der Waals surface area contributed by atoms with Crippen LogP contribution in [-0.2, 0) is 4.79 Å². The Morgan fingerprint density at radius 1 is 1.23 bits per heavy atom. The summed E-state index contributed by atoms with van der Waals surface area (Å²) in [6.07, 6.45) is 5.60. The maximum Gasteiger partial charge on any atom is 0.216 e. The molecule has 178 valence electrons. The smallest absolute Gasteiger partial charge is 0.216 e. The zero-order chi connectivity index (χ0) is 23.9. The molecule has 0 spiro atoms. The van der Waals surface area contributed by atoms with Crippen LogP contribution in [0.1, 0.15) is 44.3 Å². The van der Waals surface area contributed by atoms with E-state index in [1.54, 1.807) is 18.3 Å². The molecule has 1 aliphatic rings. The highest BCUT2D eigenvalue weighted by molar-refractivity contribution is 7.13. The highest BCUT2D eigenvalue weighted by Gasteiger charge is 2.28. The number of para-hydroxylation sites is 1. The fraction of sp³-hybridized carbons (Fsp3) is 0.308. The number of amides is 1. The van der Waals surface area contributed by atoms with Crippen molar-refractivity contribution in [2.75, 3.05) is 12.3 Å². The second kappa shape index (κ2) is 8.81. The van der Waals surface area contributed by atoms with Gasteiger partial charge in [0.15, 0.2) is 5.82 Å². The van der Waals surface area contributed by atoms with Gasteiger partial charge in [-0.2, -0.15) is 5.10 Å². The number of carbonyl (C=O) groups is 1. The van der Waals surface area contributed by atoms with Gasteiger partial charge in [0.25, 0.3) is 0 Å². The summed E-state index contributed by atoms with van der Waals surface area (Å²) < 4.78 is 1.88. The van der Waals surface area contributed by atoms with E-state index < -0.39 is 0 Å². The zero-order valence-electron chi connectivity index (χ0n) is 19.5. The molecule has 1 fully saturated rings. The number of aromatic nitrogens is 5. The van der Waals surface area contributed by atoms with E-state index in [4.69, 9.17) is 10.7 Å². The van der Waals surface area contributed by atoms with Crippen molar-refractivity contribution < 1.29 is 4.79 Å². The van der Waals surface area contributed by atoms with Gasteiger partial charge in [-0.1, -0.05) is 24.3 Å². The predicted octanol–water partition coefficient (Wildman–Crippen LogP) is 4.99. The summed E-state index contributed by atoms with van der Waals surface area (Å²) in [6, 6.07) is 12.7. The number of anilines is 1. The van der Waals surface area contributed by atoms with E-state index in [0.29, 0.717) is 11.7 Å². The lowest BCUT2D eigenvalue weighted by molar-refractivity contribution is -0.119. The van der Waals surface area contributed by atoms with Crippen molar-refractivity contribution in [1.29, 1.82) is 0 Å². The summed E-state index contributed by atoms with van der Waals surface area (Å²) in [5, 5.41) is 10.7. The first-order valence-corrected chi connectivity index (χ1v) is 12.9. The number of fused-ring (bicyclic) bond motifs is 2. The Bertz CT molecular complexity index is 1510. The van der Waals surface area contributed by atoms with Crippen LogP contribution in [0, 0.1) is 5.92 Å². The summed E-state index contributed by atoms with van der Waals surface area (Å²) >= 11 is 1.73. The lowest BCUT2D eigenvalue weighted by Crippen LogP contribution is -2.29. The predicted molar refractivity (Wildman–Crippen MR) is 139 cm³/mol. The second-order valence-corrected chi connectivity index (χ2v) is 10.3. The highest BCUT2D eigenvalue weighted by atomic mass is 32.1. The zero-order valence-corrected chi connectivity index (χ0v) is 20.3. The van der Waals surface area contributed by atoms with Gasteiger partial charge < -0.3 is 16.0 Å². The molecule has 6 rings (SSSR count). The second-order valence-electron chi connectivity index (χ2n) is 9.31. The molecule has 4 heterocycles. The number of hydrogen-bond donors (Lipinski definition) is 3. The van der Waals surface area contributed by atoms with Crippen molar-refractivity contribution in [3.8, 4) is 21.8 Å². The average Bonchev–Trinajstić information content (AvgIpc) is 3.61. The molecule has 35 heavy (non-hydrogen) atoms. The molecule has 1 aliphatic carbocycles. The average molecular weight is 486 g/mol. The molecule has 1 saturated carbocycles. The standard InChI is InChI=1S/C26H27N7OS/c1-15(34)28-13-16-7-9-17(10-8-16)26-32-23(24-25(27)29-14-30-33(24)26)20-12-18-4-2-5-19(22(18)31-20)21-6-3-11-35-21/h2-6,11-12,14,16-17,31H,7-10,13H2,1H3,(H,28,34)(H2,27,29,30). The van der Waals surface area contributed by atoms with Crippen molar-refractivity contribution >= 4 is 39.5 Å². The van der Waals surface area contributed by atoms with E-state index in [1.165, 1.54) is 16.8 Å². The number of thiophene rings is 1. The Morgan fingerprint density at radius 3 is 2.86 bits per heavy atom. The first-order chi connectivity index (χ1) is 17.1. The molecule has 0 saturated heterocycles. The molecular formula is C26H27N7OS. The van der Waals surface area contributed by atoms with Gasteiger partial charge in [0, 0.05) is 35.2 Å². The van der Waals surface area contributed by atoms with Crippen LogP contribution in [0.15, 0.2) is 48.1 Å². The molecule has 0 radical (unpaired) electrons. The van der Waals surface area contributed by atoms with E-state index in [2.05, 4.69) is 62.2 Å². The maximum atomic E-state index is 11.3. The van der Waals surface area contributed by atoms with Gasteiger partial charge in [0.05, 0.1) is 11.2 Å². The quantitative estimate of drug-likeness (QED) is 0.324. The number of benzene rings is 1. The molecule has 0 aliphatic heterocycles. The minimum Gasteiger partial charge on any atom is -0.382 e. The number of hydrogen-bond acceptors (Lipinski definition) is 6. The molecule has 4 N–H and O–H groups in total. The monoisotopic (exact) mass is 485 g/mol. The van der Waals surface area contributed by atoms with Gasteiger partial charge in [-0.05, 0) is 49.1 Å². The van der Waals surface area contributed by atoms with Crippen molar-refractivity contribution in [1.82, 2.24) is 29.9 Å². The molecule has 1 aromatic carbocycles. The van der Waals surface area contributed by atoms with Crippen LogP contribution in [0.25, 0.3) is 38.2 Å². The summed E-state index contributed by atoms with van der Waals surface area (Å²) in [4.78, 5) is 25.5. The third-order valence-corrected chi connectivity index (χ3v) is 7.94. The number of nitrogens with zero attached hydrogens (tertiary/aromatic N) is 4. The fourth-order valence-electron chi connectivity index (χ4n) is 5.26. The van der Waals surface area contributed by atoms with E-state index in [-0.39, 0.29) is 11.8 Å². The van der Waals surface area contributed by atoms with Crippen molar-refractivity contribution in [3.05, 3.63) is 53.9 Å². The first-order valence-electron chi connectivity index (χ1n) is 12.0. The Kier molecular flexibility index (Phi) is 5.49. The van der Waals surface area contributed by atoms with Crippen LogP contribution in [0.2, 0.25) is 0 Å². The molecule has 5 aromatic rings. The molecule has 8 nitrogen and oxygen atoms in total. The van der Waals surface area contributed by atoms with Crippen molar-refractivity contribution in [2.24, 2.45) is 5.92 Å². The largest absolute Gasteiger partial charge is 0.382 e. The molecule has 0 atom stereocenters. The third kappa shape index (κ3) is 3.95. The number of imidazole rings is 1. The van der Waals surface area contributed by atoms with Crippen LogP contribution < -0.4 is 11.1 Å². The maximum absolute atomic E-state index is 11.3. The molecule has 4 aromatic heterocycles. The normalized spacial score (nSPS) is 18.3. The van der Waals surface area contributed by atoms with E-state index in [9.17, 15) is 4.79 Å². The molecule has 1 amide bonds. The van der Waals surface area contributed by atoms with Gasteiger partial charge in [0.2, 0.25) is 5.91 Å². The van der Waals surface area contributed by atoms with Crippen LogP contribution in [0.3, 0.4) is 0 Å². The number of H-pyrrole nitrogens is 1. The van der Waals surface area contributed by atoms with Crippen molar-refractivity contribution in [3.63, 3.8) is 0 Å². The molecule has 0 unspecified atom stereocenters. The van der Waals surface area contributed by atoms with Gasteiger partial charge in [-0.15, -0.1) is 11.3 Å². The lowest BCUT2D eigenvalue weighted by atomic mass is 9.81. The first kappa shape index (κ1) is 21.8. The molecule has 0 bridgehead atoms. The SMILES string of the molecule is CC(=O)NCC1CCC(c2nc(-c3cc4cccc(-c5cccs5)c4[nH]3)c3c(N)ncnn23)CC1. The number of nitrogen functional groups attached to an aromatic ring is 1. The van der Waals surface area contributed by atoms with Gasteiger partial charge in [-0.3, -0.25) is 4.79 Å². The number of nitrogens with one attached hydrogen (secondary N) is 2. The Hall–Kier alpha value is -3.72. The Labute approximate surface area is 206 Å². The van der Waals surface area contributed by atoms with E-state index in [1.807, 2.05) is 4.52 Å². The summed E-state index contributed by atoms with van der Waals surface area (Å²) in [6.45, 7) is 2.31. The molecule has 9 heteroatoms. The van der Waals surface area contributed by atoms with E-state index in [0.717, 1.165) is 65.9 Å². The number of aromatic amines is 1. The fourth-order valence-corrected chi connectivity index (χ4v) is 6.02. The van der Waals surface area contributed by atoms with E-state index >= 15 is 0 Å². The van der Waals surface area contributed by atoms with Crippen molar-refractivity contribution in [2.45, 2.75) is 38.5 Å². The van der Waals surface area contributed by atoms with Gasteiger partial charge in [0.1, 0.15) is 23.4 Å². The van der Waals surface area contributed by atoms with Crippen LogP contribution >= 0.6 is 11.3 Å². The van der Waals surface area contributed by atoms with Crippen LogP contribution in [0.4, 0.5) is 5.82 Å². The minimum atomic E-state index is 0.0313. The molecular weight excluding hydrogens is 458 g/mol. The summed E-state index contributed by atoms with van der Waals surface area (Å²) in [7, 11) is 0. The Morgan fingerprint density at radius 2 is 2.09 bits per heavy atom. The van der Waals surface area contributed by atoms with Gasteiger partial charge in [-0.25, -0.2) is 14.5 Å². The Balaban J connectivity index is 1.39. The third-order valence-electron chi connectivity index (χ3n) is 7.04. The summed E-state index contributed by atoms with van der Waals surface area (Å²) in [5.74, 6) is 2.17. The van der Waals surface area contributed by atoms with Gasteiger partial charge >= 0.3 is 0 Å².